The van der Waals surface area contributed by atoms with Crippen LogP contribution < -0.4 is 5.32 Å². The van der Waals surface area contributed by atoms with Gasteiger partial charge in [-0.25, -0.2) is 0 Å². The van der Waals surface area contributed by atoms with Crippen molar-refractivity contribution >= 4 is 33.2 Å². The van der Waals surface area contributed by atoms with Gasteiger partial charge in [-0.1, -0.05) is 74.4 Å². The minimum atomic E-state index is -0.0706. The monoisotopic (exact) mass is 325 g/mol. The highest BCUT2D eigenvalue weighted by Crippen LogP contribution is 2.49. The second-order valence-electron chi connectivity index (χ2n) is 6.98. The zero-order valence-electron chi connectivity index (χ0n) is 14.1. The van der Waals surface area contributed by atoms with Gasteiger partial charge in [-0.15, -0.1) is 0 Å². The lowest BCUT2D eigenvalue weighted by atomic mass is 10.00. The first-order chi connectivity index (χ1) is 9.53. The molecule has 1 N–H and O–H groups in total. The van der Waals surface area contributed by atoms with E-state index in [2.05, 4.69) is 46.0 Å². The van der Waals surface area contributed by atoms with Gasteiger partial charge < -0.3 is 5.32 Å². The fourth-order valence-corrected chi connectivity index (χ4v) is 4.04. The molecule has 118 valence electrons. The number of para-hydroxylation sites is 1. The van der Waals surface area contributed by atoms with Crippen molar-refractivity contribution in [3.63, 3.8) is 0 Å². The molecule has 0 aliphatic carbocycles. The number of anilines is 1. The van der Waals surface area contributed by atoms with Crippen molar-refractivity contribution < 1.29 is 4.79 Å². The Morgan fingerprint density at radius 2 is 1.62 bits per heavy atom. The predicted molar refractivity (Wildman–Crippen MR) is 97.9 cm³/mol. The zero-order chi connectivity index (χ0) is 16.3. The Morgan fingerprint density at radius 1 is 1.05 bits per heavy atom. The Hall–Kier alpha value is -0.610. The lowest BCUT2D eigenvalue weighted by molar-refractivity contribution is -0.118. The number of carbonyl (C=O) groups is 1. The molecular formula is C17H27NOS2. The number of benzene rings is 1. The van der Waals surface area contributed by atoms with Crippen LogP contribution in [0.15, 0.2) is 24.3 Å². The van der Waals surface area contributed by atoms with Crippen molar-refractivity contribution in [2.24, 2.45) is 5.92 Å². The molecule has 1 amide bonds. The average molecular weight is 326 g/mol. The third-order valence-corrected chi connectivity index (χ3v) is 7.08. The lowest BCUT2D eigenvalue weighted by Gasteiger charge is -2.30. The Morgan fingerprint density at radius 3 is 2.14 bits per heavy atom. The van der Waals surface area contributed by atoms with E-state index in [0.29, 0.717) is 0 Å². The van der Waals surface area contributed by atoms with Crippen LogP contribution in [0.5, 0.6) is 0 Å². The topological polar surface area (TPSA) is 29.1 Å². The number of carbonyl (C=O) groups excluding carboxylic acids is 1. The molecule has 0 unspecified atom stereocenters. The summed E-state index contributed by atoms with van der Waals surface area (Å²) in [4.78, 5) is 12.0. The molecule has 0 bridgehead atoms. The molecule has 0 radical (unpaired) electrons. The minimum Gasteiger partial charge on any atom is -0.326 e. The van der Waals surface area contributed by atoms with Crippen LogP contribution >= 0.6 is 21.6 Å². The van der Waals surface area contributed by atoms with Crippen LogP contribution in [-0.2, 0) is 9.54 Å². The first kappa shape index (κ1) is 18.4. The highest BCUT2D eigenvalue weighted by molar-refractivity contribution is 8.77. The van der Waals surface area contributed by atoms with Crippen LogP contribution in [0.25, 0.3) is 0 Å². The molecule has 0 atom stereocenters. The quantitative estimate of drug-likeness (QED) is 0.704. The molecule has 0 aliphatic rings. The van der Waals surface area contributed by atoms with Gasteiger partial charge in [0.25, 0.3) is 0 Å². The third kappa shape index (κ3) is 5.95. The largest absolute Gasteiger partial charge is 0.326 e. The van der Waals surface area contributed by atoms with E-state index in [4.69, 9.17) is 0 Å². The SMILES string of the molecule is CC(C)C(=O)Nc1ccccc1C(C)(C)SSC(C)(C)C. The molecule has 0 spiro atoms. The van der Waals surface area contributed by atoms with E-state index in [1.165, 1.54) is 5.56 Å². The molecule has 21 heavy (non-hydrogen) atoms. The summed E-state index contributed by atoms with van der Waals surface area (Å²) in [6.45, 7) is 14.9. The molecular weight excluding hydrogens is 298 g/mol. The zero-order valence-corrected chi connectivity index (χ0v) is 15.7. The van der Waals surface area contributed by atoms with E-state index in [1.54, 1.807) is 0 Å². The second-order valence-corrected chi connectivity index (χ2v) is 10.6. The van der Waals surface area contributed by atoms with Crippen LogP contribution in [0.2, 0.25) is 0 Å². The van der Waals surface area contributed by atoms with E-state index < -0.39 is 0 Å². The Balaban J connectivity index is 2.98. The normalized spacial score (nSPS) is 12.6. The number of rotatable bonds is 5. The molecule has 0 saturated carbocycles. The highest BCUT2D eigenvalue weighted by atomic mass is 33.1. The minimum absolute atomic E-state index is 0.0160. The van der Waals surface area contributed by atoms with Crippen molar-refractivity contribution in [1.29, 1.82) is 0 Å². The van der Waals surface area contributed by atoms with Crippen molar-refractivity contribution in [3.05, 3.63) is 29.8 Å². The van der Waals surface area contributed by atoms with Crippen LogP contribution in [0.3, 0.4) is 0 Å². The Kier molecular flexibility index (Phi) is 6.23. The van der Waals surface area contributed by atoms with Crippen LogP contribution in [0, 0.1) is 5.92 Å². The smallest absolute Gasteiger partial charge is 0.226 e. The van der Waals surface area contributed by atoms with E-state index in [9.17, 15) is 4.79 Å². The second kappa shape index (κ2) is 7.10. The summed E-state index contributed by atoms with van der Waals surface area (Å²) in [6, 6.07) is 8.09. The first-order valence-electron chi connectivity index (χ1n) is 7.30. The van der Waals surface area contributed by atoms with Crippen molar-refractivity contribution in [1.82, 2.24) is 0 Å². The van der Waals surface area contributed by atoms with Crippen molar-refractivity contribution in [2.45, 2.75) is 58.0 Å². The molecule has 1 aromatic rings. The maximum Gasteiger partial charge on any atom is 0.226 e. The summed E-state index contributed by atoms with van der Waals surface area (Å²) >= 11 is 0. The fourth-order valence-electron chi connectivity index (χ4n) is 1.67. The van der Waals surface area contributed by atoms with Crippen molar-refractivity contribution in [3.8, 4) is 0 Å². The fraction of sp³-hybridized carbons (Fsp3) is 0.588. The highest BCUT2D eigenvalue weighted by Gasteiger charge is 2.28. The number of hydrogen-bond acceptors (Lipinski definition) is 3. The molecule has 1 rings (SSSR count). The van der Waals surface area contributed by atoms with Crippen LogP contribution in [0.4, 0.5) is 5.69 Å². The molecule has 0 saturated heterocycles. The molecule has 0 aromatic heterocycles. The van der Waals surface area contributed by atoms with E-state index >= 15 is 0 Å². The van der Waals surface area contributed by atoms with Gasteiger partial charge in [0.05, 0.1) is 0 Å². The number of hydrogen-bond donors (Lipinski definition) is 1. The predicted octanol–water partition coefficient (Wildman–Crippen LogP) is 5.70. The molecule has 1 aromatic carbocycles. The van der Waals surface area contributed by atoms with Gasteiger partial charge in [0.2, 0.25) is 5.91 Å². The number of nitrogens with one attached hydrogen (secondary N) is 1. The molecule has 4 heteroatoms. The van der Waals surface area contributed by atoms with Gasteiger partial charge in [-0.2, -0.15) is 0 Å². The van der Waals surface area contributed by atoms with Gasteiger partial charge in [0.1, 0.15) is 0 Å². The molecule has 0 aliphatic heterocycles. The summed E-state index contributed by atoms with van der Waals surface area (Å²) in [7, 11) is 3.73. The van der Waals surface area contributed by atoms with Gasteiger partial charge >= 0.3 is 0 Å². The van der Waals surface area contributed by atoms with Gasteiger partial charge in [0, 0.05) is 21.1 Å². The summed E-state index contributed by atoms with van der Waals surface area (Å²) in [5.74, 6) is 0.0458. The maximum absolute atomic E-state index is 12.0. The summed E-state index contributed by atoms with van der Waals surface area (Å²) in [6.07, 6.45) is 0. The first-order valence-corrected chi connectivity index (χ1v) is 9.45. The average Bonchev–Trinajstić information content (AvgIpc) is 2.36. The number of amides is 1. The van der Waals surface area contributed by atoms with Gasteiger partial charge in [0.15, 0.2) is 0 Å². The summed E-state index contributed by atoms with van der Waals surface area (Å²) in [5.41, 5.74) is 2.09. The summed E-state index contributed by atoms with van der Waals surface area (Å²) < 4.78 is 0.136. The Labute approximate surface area is 137 Å². The standard InChI is InChI=1S/C17H27NOS2/c1-12(2)15(19)18-14-11-9-8-10-13(14)17(6,7)21-20-16(3,4)5/h8-12H,1-7H3,(H,18,19). The van der Waals surface area contributed by atoms with Crippen LogP contribution in [0.1, 0.15) is 54.0 Å². The molecule has 2 nitrogen and oxygen atoms in total. The molecule has 0 fully saturated rings. The van der Waals surface area contributed by atoms with Crippen molar-refractivity contribution in [2.75, 3.05) is 5.32 Å². The van der Waals surface area contributed by atoms with E-state index in [1.807, 2.05) is 53.6 Å². The van der Waals surface area contributed by atoms with Crippen LogP contribution in [-0.4, -0.2) is 10.7 Å². The van der Waals surface area contributed by atoms with Gasteiger partial charge in [-0.05, 0) is 25.5 Å². The van der Waals surface area contributed by atoms with Gasteiger partial charge in [-0.3, -0.25) is 4.79 Å². The van der Waals surface area contributed by atoms with E-state index in [0.717, 1.165) is 5.69 Å². The Bertz CT molecular complexity index is 490. The maximum atomic E-state index is 12.0. The lowest BCUT2D eigenvalue weighted by Crippen LogP contribution is -2.22. The summed E-state index contributed by atoms with van der Waals surface area (Å²) in [5, 5.41) is 3.05. The third-order valence-electron chi connectivity index (χ3n) is 2.86. The molecule has 0 heterocycles. The van der Waals surface area contributed by atoms with E-state index in [-0.39, 0.29) is 21.3 Å².